The number of carboxylic acid groups (broad SMARTS) is 1. The van der Waals surface area contributed by atoms with E-state index in [1.54, 1.807) is 18.2 Å². The fraction of sp³-hybridized carbons (Fsp3) is 0.429. The molecule has 5 nitrogen and oxygen atoms in total. The van der Waals surface area contributed by atoms with E-state index >= 15 is 0 Å². The van der Waals surface area contributed by atoms with E-state index in [-0.39, 0.29) is 12.2 Å². The number of phenols is 1. The molecular formula is C14H19NO4. The van der Waals surface area contributed by atoms with Crippen LogP contribution in [0, 0.1) is 0 Å². The van der Waals surface area contributed by atoms with Gasteiger partial charge in [0.1, 0.15) is 11.3 Å². The van der Waals surface area contributed by atoms with E-state index in [2.05, 4.69) is 5.32 Å². The molecule has 5 heteroatoms. The second-order valence-corrected chi connectivity index (χ2v) is 4.74. The molecule has 0 bridgehead atoms. The number of benzene rings is 1. The highest BCUT2D eigenvalue weighted by Gasteiger charge is 2.33. The lowest BCUT2D eigenvalue weighted by atomic mass is 9.95. The van der Waals surface area contributed by atoms with Gasteiger partial charge in [-0.3, -0.25) is 4.79 Å². The van der Waals surface area contributed by atoms with Crippen LogP contribution in [0.4, 0.5) is 0 Å². The zero-order valence-corrected chi connectivity index (χ0v) is 11.1. The smallest absolute Gasteiger partial charge is 0.329 e. The number of phenolic OH excluding ortho intramolecular Hbond substituents is 1. The summed E-state index contributed by atoms with van der Waals surface area (Å²) in [6.07, 6.45) is 0.966. The summed E-state index contributed by atoms with van der Waals surface area (Å²) in [7, 11) is 0. The molecule has 19 heavy (non-hydrogen) atoms. The number of carboxylic acids is 1. The normalized spacial score (nSPS) is 13.6. The monoisotopic (exact) mass is 265 g/mol. The fourth-order valence-corrected chi connectivity index (χ4v) is 1.91. The summed E-state index contributed by atoms with van der Waals surface area (Å²) >= 11 is 0. The summed E-state index contributed by atoms with van der Waals surface area (Å²) in [4.78, 5) is 23.1. The number of amides is 1. The molecular weight excluding hydrogens is 246 g/mol. The Morgan fingerprint density at radius 3 is 2.47 bits per heavy atom. The lowest BCUT2D eigenvalue weighted by molar-refractivity contribution is -0.147. The van der Waals surface area contributed by atoms with Crippen molar-refractivity contribution >= 4 is 11.9 Å². The molecule has 1 atom stereocenters. The van der Waals surface area contributed by atoms with Crippen LogP contribution in [0.15, 0.2) is 24.3 Å². The van der Waals surface area contributed by atoms with Gasteiger partial charge in [0.2, 0.25) is 5.91 Å². The molecule has 0 saturated carbocycles. The molecule has 0 aliphatic heterocycles. The van der Waals surface area contributed by atoms with Gasteiger partial charge in [-0.15, -0.1) is 0 Å². The number of hydrogen-bond donors (Lipinski definition) is 3. The van der Waals surface area contributed by atoms with Crippen LogP contribution in [0.25, 0.3) is 0 Å². The molecule has 1 unspecified atom stereocenters. The van der Waals surface area contributed by atoms with Crippen molar-refractivity contribution in [3.05, 3.63) is 29.8 Å². The van der Waals surface area contributed by atoms with Gasteiger partial charge in [-0.2, -0.15) is 0 Å². The van der Waals surface area contributed by atoms with Crippen LogP contribution in [0.3, 0.4) is 0 Å². The molecule has 1 aromatic rings. The van der Waals surface area contributed by atoms with E-state index in [0.717, 1.165) is 0 Å². The average Bonchev–Trinajstić information content (AvgIpc) is 2.32. The molecule has 0 aliphatic carbocycles. The third-order valence-corrected chi connectivity index (χ3v) is 2.98. The number of carbonyl (C=O) groups is 2. The van der Waals surface area contributed by atoms with Gasteiger partial charge in [0.25, 0.3) is 0 Å². The van der Waals surface area contributed by atoms with Crippen LogP contribution in [0.1, 0.15) is 32.3 Å². The highest BCUT2D eigenvalue weighted by molar-refractivity contribution is 5.87. The van der Waals surface area contributed by atoms with Crippen LogP contribution < -0.4 is 5.32 Å². The molecule has 1 amide bonds. The molecule has 1 rings (SSSR count). The molecule has 0 aromatic heterocycles. The van der Waals surface area contributed by atoms with Crippen molar-refractivity contribution in [1.82, 2.24) is 5.32 Å². The van der Waals surface area contributed by atoms with Crippen molar-refractivity contribution < 1.29 is 19.8 Å². The van der Waals surface area contributed by atoms with Crippen LogP contribution in [0.2, 0.25) is 0 Å². The van der Waals surface area contributed by atoms with Crippen molar-refractivity contribution in [2.75, 3.05) is 0 Å². The lowest BCUT2D eigenvalue weighted by Crippen LogP contribution is -2.52. The van der Waals surface area contributed by atoms with Gasteiger partial charge in [-0.25, -0.2) is 4.79 Å². The Labute approximate surface area is 112 Å². The van der Waals surface area contributed by atoms with Crippen LogP contribution in [-0.4, -0.2) is 27.6 Å². The average molecular weight is 265 g/mol. The highest BCUT2D eigenvalue weighted by Crippen LogP contribution is 2.17. The summed E-state index contributed by atoms with van der Waals surface area (Å²) < 4.78 is 0. The maximum atomic E-state index is 11.9. The number of aliphatic carboxylic acids is 1. The van der Waals surface area contributed by atoms with Gasteiger partial charge in [0.05, 0.1) is 6.42 Å². The fourth-order valence-electron chi connectivity index (χ4n) is 1.91. The molecule has 0 fully saturated rings. The second kappa shape index (κ2) is 6.22. The van der Waals surface area contributed by atoms with Gasteiger partial charge >= 0.3 is 5.97 Å². The highest BCUT2D eigenvalue weighted by atomic mass is 16.4. The van der Waals surface area contributed by atoms with E-state index in [1.807, 2.05) is 6.92 Å². The topological polar surface area (TPSA) is 86.6 Å². The number of rotatable bonds is 6. The Morgan fingerprint density at radius 1 is 1.32 bits per heavy atom. The first kappa shape index (κ1) is 15.0. The first-order valence-corrected chi connectivity index (χ1v) is 6.20. The van der Waals surface area contributed by atoms with E-state index < -0.39 is 17.4 Å². The van der Waals surface area contributed by atoms with Gasteiger partial charge in [-0.1, -0.05) is 31.5 Å². The van der Waals surface area contributed by atoms with E-state index in [1.165, 1.54) is 13.0 Å². The Bertz CT molecular complexity index is 472. The molecule has 3 N–H and O–H groups in total. The van der Waals surface area contributed by atoms with Crippen LogP contribution in [-0.2, 0) is 16.0 Å². The zero-order chi connectivity index (χ0) is 14.5. The zero-order valence-electron chi connectivity index (χ0n) is 11.1. The molecule has 0 heterocycles. The third-order valence-electron chi connectivity index (χ3n) is 2.98. The standard InChI is InChI=1S/C14H19NO4/c1-3-8-14(2,13(18)19)15-12(17)9-10-6-4-5-7-11(10)16/h4-7,16H,3,8-9H2,1-2H3,(H,15,17)(H,18,19). The number of nitrogens with one attached hydrogen (secondary N) is 1. The Hall–Kier alpha value is -2.04. The van der Waals surface area contributed by atoms with E-state index in [0.29, 0.717) is 18.4 Å². The maximum Gasteiger partial charge on any atom is 0.329 e. The summed E-state index contributed by atoms with van der Waals surface area (Å²) in [5.74, 6) is -1.44. The molecule has 104 valence electrons. The summed E-state index contributed by atoms with van der Waals surface area (Å²) in [5, 5.41) is 21.3. The summed E-state index contributed by atoms with van der Waals surface area (Å²) in [5.41, 5.74) is -0.791. The number of hydrogen-bond acceptors (Lipinski definition) is 3. The third kappa shape index (κ3) is 3.98. The quantitative estimate of drug-likeness (QED) is 0.730. The summed E-state index contributed by atoms with van der Waals surface area (Å²) in [6, 6.07) is 6.50. The predicted molar refractivity (Wildman–Crippen MR) is 70.9 cm³/mol. The maximum absolute atomic E-state index is 11.9. The van der Waals surface area contributed by atoms with Crippen LogP contribution >= 0.6 is 0 Å². The van der Waals surface area contributed by atoms with Crippen molar-refractivity contribution in [1.29, 1.82) is 0 Å². The van der Waals surface area contributed by atoms with Gasteiger partial charge in [0.15, 0.2) is 0 Å². The molecule has 0 saturated heterocycles. The Balaban J connectivity index is 2.74. The molecule has 0 radical (unpaired) electrons. The first-order valence-electron chi connectivity index (χ1n) is 6.20. The molecule has 0 aliphatic rings. The van der Waals surface area contributed by atoms with Gasteiger partial charge in [0, 0.05) is 5.56 Å². The second-order valence-electron chi connectivity index (χ2n) is 4.74. The number of aromatic hydroxyl groups is 1. The van der Waals surface area contributed by atoms with E-state index in [4.69, 9.17) is 5.11 Å². The van der Waals surface area contributed by atoms with Crippen molar-refractivity contribution in [2.24, 2.45) is 0 Å². The van der Waals surface area contributed by atoms with Gasteiger partial charge in [-0.05, 0) is 19.4 Å². The minimum atomic E-state index is -1.27. The van der Waals surface area contributed by atoms with Crippen molar-refractivity contribution in [3.8, 4) is 5.75 Å². The largest absolute Gasteiger partial charge is 0.508 e. The Morgan fingerprint density at radius 2 is 1.95 bits per heavy atom. The number of para-hydroxylation sites is 1. The molecule has 0 spiro atoms. The lowest BCUT2D eigenvalue weighted by Gasteiger charge is -2.25. The minimum absolute atomic E-state index is 0.0326. The van der Waals surface area contributed by atoms with E-state index in [9.17, 15) is 14.7 Å². The number of carbonyl (C=O) groups excluding carboxylic acids is 1. The predicted octanol–water partition coefficient (Wildman–Crippen LogP) is 1.69. The van der Waals surface area contributed by atoms with Gasteiger partial charge < -0.3 is 15.5 Å². The van der Waals surface area contributed by atoms with Crippen molar-refractivity contribution in [3.63, 3.8) is 0 Å². The van der Waals surface area contributed by atoms with Crippen molar-refractivity contribution in [2.45, 2.75) is 38.6 Å². The van der Waals surface area contributed by atoms with Crippen LogP contribution in [0.5, 0.6) is 5.75 Å². The Kier molecular flexibility index (Phi) is 4.92. The summed E-state index contributed by atoms with van der Waals surface area (Å²) in [6.45, 7) is 3.35. The SMILES string of the molecule is CCCC(C)(NC(=O)Cc1ccccc1O)C(=O)O. The minimum Gasteiger partial charge on any atom is -0.508 e. The first-order chi connectivity index (χ1) is 8.89. The molecule has 1 aromatic carbocycles.